The Hall–Kier alpha value is -3.17. The minimum atomic E-state index is -0.677. The normalized spacial score (nSPS) is 15.5. The molecule has 0 N–H and O–H groups in total. The van der Waals surface area contributed by atoms with Crippen molar-refractivity contribution in [3.63, 3.8) is 0 Å². The van der Waals surface area contributed by atoms with E-state index in [4.69, 9.17) is 14.2 Å². The molecule has 0 radical (unpaired) electrons. The molecule has 1 aromatic heterocycles. The molecular formula is C27H27BrN2O5S. The number of carbonyl (C=O) groups is 1. The van der Waals surface area contributed by atoms with Crippen molar-refractivity contribution in [2.24, 2.45) is 4.99 Å². The van der Waals surface area contributed by atoms with E-state index in [-0.39, 0.29) is 18.3 Å². The maximum atomic E-state index is 13.7. The summed E-state index contributed by atoms with van der Waals surface area (Å²) in [7, 11) is 1.60. The van der Waals surface area contributed by atoms with Crippen molar-refractivity contribution in [2.45, 2.75) is 39.8 Å². The lowest BCUT2D eigenvalue weighted by Gasteiger charge is -2.25. The summed E-state index contributed by atoms with van der Waals surface area (Å²) >= 11 is 4.82. The van der Waals surface area contributed by atoms with Crippen LogP contribution in [0.2, 0.25) is 0 Å². The highest BCUT2D eigenvalue weighted by molar-refractivity contribution is 9.10. The summed E-state index contributed by atoms with van der Waals surface area (Å²) in [5.74, 6) is 0.901. The number of hydrogen-bond acceptors (Lipinski definition) is 7. The average molecular weight is 571 g/mol. The fraction of sp³-hybridized carbons (Fsp3) is 0.296. The smallest absolute Gasteiger partial charge is 0.338 e. The number of thiazole rings is 1. The Kier molecular flexibility index (Phi) is 7.80. The molecule has 9 heteroatoms. The summed E-state index contributed by atoms with van der Waals surface area (Å²) < 4.78 is 19.4. The van der Waals surface area contributed by atoms with Crippen molar-refractivity contribution in [3.8, 4) is 11.5 Å². The molecule has 3 aromatic rings. The SMILES string of the molecule is CCOC(=O)C1=C(C)N=c2s/c(=C\c3cc(OC)ccc3Br)c(=O)n2[C@H]1c1ccc(OC(C)C)cc1. The van der Waals surface area contributed by atoms with Crippen molar-refractivity contribution in [2.75, 3.05) is 13.7 Å². The number of benzene rings is 2. The van der Waals surface area contributed by atoms with E-state index in [1.165, 1.54) is 11.3 Å². The summed E-state index contributed by atoms with van der Waals surface area (Å²) in [5.41, 5.74) is 2.19. The van der Waals surface area contributed by atoms with Gasteiger partial charge < -0.3 is 14.2 Å². The molecule has 0 bridgehead atoms. The van der Waals surface area contributed by atoms with Crippen molar-refractivity contribution in [3.05, 3.63) is 89.0 Å². The first kappa shape index (κ1) is 25.9. The van der Waals surface area contributed by atoms with Crippen LogP contribution in [-0.2, 0) is 9.53 Å². The Bertz CT molecular complexity index is 1500. The zero-order chi connectivity index (χ0) is 26.0. The van der Waals surface area contributed by atoms with E-state index in [0.717, 1.165) is 15.6 Å². The number of esters is 1. The zero-order valence-corrected chi connectivity index (χ0v) is 23.1. The van der Waals surface area contributed by atoms with E-state index in [0.29, 0.717) is 32.1 Å². The predicted octanol–water partition coefficient (Wildman–Crippen LogP) is 4.36. The van der Waals surface area contributed by atoms with Crippen LogP contribution in [0.15, 0.2) is 68.0 Å². The number of carbonyl (C=O) groups excluding carboxylic acids is 1. The molecule has 188 valence electrons. The summed E-state index contributed by atoms with van der Waals surface area (Å²) in [6.45, 7) is 7.65. The Balaban J connectivity index is 1.91. The Morgan fingerprint density at radius 1 is 1.19 bits per heavy atom. The standard InChI is InChI=1S/C27H27BrN2O5S/c1-6-34-26(32)23-16(4)29-27-30(24(23)17-7-9-19(10-8-17)35-15(2)3)25(31)22(36-27)14-18-13-20(33-5)11-12-21(18)28/h7-15,24H,6H2,1-5H3/b22-14-/t24-/m0/s1. The van der Waals surface area contributed by atoms with Crippen LogP contribution in [0.1, 0.15) is 44.9 Å². The summed E-state index contributed by atoms with van der Waals surface area (Å²) in [5, 5.41) is 0. The Morgan fingerprint density at radius 3 is 2.53 bits per heavy atom. The first-order valence-electron chi connectivity index (χ1n) is 11.5. The van der Waals surface area contributed by atoms with Crippen LogP contribution in [-0.4, -0.2) is 30.4 Å². The number of hydrogen-bond donors (Lipinski definition) is 0. The molecule has 36 heavy (non-hydrogen) atoms. The molecule has 0 aliphatic carbocycles. The van der Waals surface area contributed by atoms with Crippen LogP contribution in [0.3, 0.4) is 0 Å². The van der Waals surface area contributed by atoms with Gasteiger partial charge in [0.05, 0.1) is 41.7 Å². The number of fused-ring (bicyclic) bond motifs is 1. The third-order valence-corrected chi connectivity index (χ3v) is 7.28. The molecule has 0 amide bonds. The lowest BCUT2D eigenvalue weighted by molar-refractivity contribution is -0.139. The number of ether oxygens (including phenoxy) is 3. The highest BCUT2D eigenvalue weighted by Crippen LogP contribution is 2.32. The third-order valence-electron chi connectivity index (χ3n) is 5.57. The molecule has 1 aliphatic rings. The molecule has 2 heterocycles. The van der Waals surface area contributed by atoms with Gasteiger partial charge in [-0.1, -0.05) is 39.4 Å². The number of allylic oxidation sites excluding steroid dienone is 1. The molecule has 1 atom stereocenters. The molecule has 0 saturated carbocycles. The lowest BCUT2D eigenvalue weighted by atomic mass is 9.96. The quantitative estimate of drug-likeness (QED) is 0.394. The Morgan fingerprint density at radius 2 is 1.89 bits per heavy atom. The molecule has 2 aromatic carbocycles. The molecule has 0 fully saturated rings. The monoisotopic (exact) mass is 570 g/mol. The van der Waals surface area contributed by atoms with Gasteiger partial charge in [0.2, 0.25) is 0 Å². The first-order valence-corrected chi connectivity index (χ1v) is 13.1. The zero-order valence-electron chi connectivity index (χ0n) is 20.7. The molecular weight excluding hydrogens is 544 g/mol. The van der Waals surface area contributed by atoms with Gasteiger partial charge in [0, 0.05) is 4.47 Å². The van der Waals surface area contributed by atoms with Crippen LogP contribution < -0.4 is 24.4 Å². The van der Waals surface area contributed by atoms with Crippen LogP contribution >= 0.6 is 27.3 Å². The molecule has 1 aliphatic heterocycles. The highest BCUT2D eigenvalue weighted by Gasteiger charge is 2.33. The van der Waals surface area contributed by atoms with Crippen molar-refractivity contribution < 1.29 is 19.0 Å². The van der Waals surface area contributed by atoms with Gasteiger partial charge >= 0.3 is 5.97 Å². The minimum Gasteiger partial charge on any atom is -0.497 e. The van der Waals surface area contributed by atoms with Crippen LogP contribution in [0.5, 0.6) is 11.5 Å². The largest absolute Gasteiger partial charge is 0.497 e. The van der Waals surface area contributed by atoms with Gasteiger partial charge in [0.15, 0.2) is 4.80 Å². The van der Waals surface area contributed by atoms with Crippen molar-refractivity contribution >= 4 is 39.3 Å². The molecule has 7 nitrogen and oxygen atoms in total. The van der Waals surface area contributed by atoms with Gasteiger partial charge in [-0.2, -0.15) is 0 Å². The number of rotatable bonds is 7. The van der Waals surface area contributed by atoms with Crippen molar-refractivity contribution in [1.29, 1.82) is 0 Å². The van der Waals surface area contributed by atoms with E-state index in [2.05, 4.69) is 20.9 Å². The Labute approximate surface area is 221 Å². The highest BCUT2D eigenvalue weighted by atomic mass is 79.9. The molecule has 0 spiro atoms. The van der Waals surface area contributed by atoms with E-state index in [1.807, 2.05) is 56.3 Å². The lowest BCUT2D eigenvalue weighted by Crippen LogP contribution is -2.39. The van der Waals surface area contributed by atoms with Crippen molar-refractivity contribution in [1.82, 2.24) is 4.57 Å². The summed E-state index contributed by atoms with van der Waals surface area (Å²) in [4.78, 5) is 31.9. The summed E-state index contributed by atoms with van der Waals surface area (Å²) in [6.07, 6.45) is 1.83. The van der Waals surface area contributed by atoms with E-state index < -0.39 is 12.0 Å². The fourth-order valence-corrected chi connectivity index (χ4v) is 5.41. The average Bonchev–Trinajstić information content (AvgIpc) is 3.14. The maximum absolute atomic E-state index is 13.7. The van der Waals surface area contributed by atoms with Gasteiger partial charge in [0.1, 0.15) is 11.5 Å². The van der Waals surface area contributed by atoms with Gasteiger partial charge in [-0.05, 0) is 75.2 Å². The third kappa shape index (κ3) is 5.17. The molecule has 0 unspecified atom stereocenters. The number of methoxy groups -OCH3 is 1. The molecule has 4 rings (SSSR count). The van der Waals surface area contributed by atoms with Gasteiger partial charge in [-0.15, -0.1) is 0 Å². The second-order valence-electron chi connectivity index (χ2n) is 8.43. The maximum Gasteiger partial charge on any atom is 0.338 e. The number of nitrogens with zero attached hydrogens (tertiary/aromatic N) is 2. The topological polar surface area (TPSA) is 79.1 Å². The molecule has 0 saturated heterocycles. The van der Waals surface area contributed by atoms with E-state index in [9.17, 15) is 9.59 Å². The second kappa shape index (κ2) is 10.8. The van der Waals surface area contributed by atoms with Gasteiger partial charge in [-0.25, -0.2) is 9.79 Å². The van der Waals surface area contributed by atoms with Gasteiger partial charge in [0.25, 0.3) is 5.56 Å². The van der Waals surface area contributed by atoms with Crippen LogP contribution in [0.25, 0.3) is 6.08 Å². The first-order chi connectivity index (χ1) is 17.2. The summed E-state index contributed by atoms with van der Waals surface area (Å²) in [6, 6.07) is 12.3. The fourth-order valence-electron chi connectivity index (χ4n) is 4.01. The predicted molar refractivity (Wildman–Crippen MR) is 143 cm³/mol. The minimum absolute atomic E-state index is 0.0293. The van der Waals surface area contributed by atoms with Crippen LogP contribution in [0, 0.1) is 0 Å². The van der Waals surface area contributed by atoms with Gasteiger partial charge in [-0.3, -0.25) is 9.36 Å². The second-order valence-corrected chi connectivity index (χ2v) is 10.3. The van der Waals surface area contributed by atoms with E-state index in [1.54, 1.807) is 31.6 Å². The van der Waals surface area contributed by atoms with Crippen LogP contribution in [0.4, 0.5) is 0 Å². The number of aromatic nitrogens is 1. The number of halogens is 1. The van der Waals surface area contributed by atoms with E-state index >= 15 is 0 Å².